The van der Waals surface area contributed by atoms with Crippen LogP contribution in [0.4, 0.5) is 5.69 Å². The van der Waals surface area contributed by atoms with E-state index in [4.69, 9.17) is 9.15 Å². The maximum atomic E-state index is 13.5. The van der Waals surface area contributed by atoms with Crippen molar-refractivity contribution in [2.45, 2.75) is 37.5 Å². The van der Waals surface area contributed by atoms with Crippen LogP contribution in [-0.4, -0.2) is 17.7 Å². The predicted molar refractivity (Wildman–Crippen MR) is 169 cm³/mol. The molecule has 2 heterocycles. The number of hydrogen-bond acceptors (Lipinski definition) is 6. The number of aryl methyl sites for hydroxylation is 2. The first-order valence-electron chi connectivity index (χ1n) is 13.9. The van der Waals surface area contributed by atoms with Crippen molar-refractivity contribution in [1.29, 1.82) is 0 Å². The summed E-state index contributed by atoms with van der Waals surface area (Å²) < 4.78 is 11.9. The quantitative estimate of drug-likeness (QED) is 0.113. The minimum absolute atomic E-state index is 0.177. The molecule has 5 aromatic rings. The molecule has 1 aliphatic rings. The van der Waals surface area contributed by atoms with Gasteiger partial charge in [0, 0.05) is 46.9 Å². The number of nitrogens with zero attached hydrogens (tertiary/aromatic N) is 1. The maximum Gasteiger partial charge on any atom is 0.308 e. The van der Waals surface area contributed by atoms with Gasteiger partial charge in [0.1, 0.15) is 16.2 Å². The van der Waals surface area contributed by atoms with E-state index in [1.165, 1.54) is 25.6 Å². The van der Waals surface area contributed by atoms with E-state index in [1.807, 2.05) is 86.7 Å². The zero-order chi connectivity index (χ0) is 30.3. The summed E-state index contributed by atoms with van der Waals surface area (Å²) in [6, 6.07) is 28.3. The molecule has 1 aliphatic heterocycles. The highest BCUT2D eigenvalue weighted by atomic mass is 32.2. The van der Waals surface area contributed by atoms with Crippen LogP contribution in [-0.2, 0) is 14.5 Å². The Morgan fingerprint density at radius 3 is 2.28 bits per heavy atom. The topological polar surface area (TPSA) is 76.8 Å². The molecule has 0 spiro atoms. The number of anilines is 1. The Hall–Kier alpha value is -4.88. The largest absolute Gasteiger partial charge is 0.452 e. The Balaban J connectivity index is 1.61. The number of carbonyl (C=O) groups excluding carboxylic acids is 3. The first-order chi connectivity index (χ1) is 20.7. The molecular weight excluding hydrogens is 558 g/mol. The van der Waals surface area contributed by atoms with Crippen LogP contribution in [0.15, 0.2) is 106 Å². The third-order valence-corrected chi connectivity index (χ3v) is 8.93. The van der Waals surface area contributed by atoms with Crippen LogP contribution in [0.25, 0.3) is 17.0 Å². The highest BCUT2D eigenvalue weighted by Crippen LogP contribution is 2.59. The van der Waals surface area contributed by atoms with E-state index in [2.05, 4.69) is 0 Å². The molecule has 1 amide bonds. The number of para-hydroxylation sites is 1. The van der Waals surface area contributed by atoms with Crippen molar-refractivity contribution in [2.75, 3.05) is 4.90 Å². The van der Waals surface area contributed by atoms with Crippen molar-refractivity contribution in [3.8, 4) is 5.75 Å². The van der Waals surface area contributed by atoms with Crippen molar-refractivity contribution in [3.05, 3.63) is 131 Å². The first kappa shape index (κ1) is 28.2. The van der Waals surface area contributed by atoms with Gasteiger partial charge < -0.3 is 9.15 Å². The summed E-state index contributed by atoms with van der Waals surface area (Å²) >= 11 is 1.49. The standard InChI is InChI=1S/C36H29NO5S/c1-22-14-16-26(17-15-22)18-19-36(37(24(3)38)30-12-8-9-13-33(30)43-36)29-20-28-23(2)35(34(40)27-10-6-5-7-11-27)42-31(28)21-32(29)41-25(4)39/h5-21H,1-4H3/b19-18+. The molecule has 1 unspecified atom stereocenters. The van der Waals surface area contributed by atoms with E-state index in [-0.39, 0.29) is 23.2 Å². The van der Waals surface area contributed by atoms with Crippen LogP contribution in [0.3, 0.4) is 0 Å². The molecule has 0 bridgehead atoms. The molecule has 43 heavy (non-hydrogen) atoms. The molecular formula is C36H29NO5S. The van der Waals surface area contributed by atoms with Gasteiger partial charge in [-0.05, 0) is 43.7 Å². The second kappa shape index (κ2) is 11.1. The van der Waals surface area contributed by atoms with E-state index in [0.29, 0.717) is 27.7 Å². The number of amides is 1. The molecule has 0 aliphatic carbocycles. The monoisotopic (exact) mass is 587 g/mol. The third-order valence-electron chi connectivity index (χ3n) is 7.52. The minimum Gasteiger partial charge on any atom is -0.452 e. The molecule has 4 aromatic carbocycles. The SMILES string of the molecule is CC(=O)Oc1cc2oc(C(=O)c3ccccc3)c(C)c2cc1C1(/C=C/c2ccc(C)cc2)Sc2ccccc2N1C(C)=O. The van der Waals surface area contributed by atoms with Crippen LogP contribution in [0.1, 0.15) is 52.2 Å². The minimum atomic E-state index is -1.12. The van der Waals surface area contributed by atoms with E-state index in [0.717, 1.165) is 21.7 Å². The highest BCUT2D eigenvalue weighted by molar-refractivity contribution is 8.01. The Bertz CT molecular complexity index is 1920. The lowest BCUT2D eigenvalue weighted by Crippen LogP contribution is -2.43. The van der Waals surface area contributed by atoms with Crippen molar-refractivity contribution in [1.82, 2.24) is 0 Å². The maximum absolute atomic E-state index is 13.5. The fourth-order valence-electron chi connectivity index (χ4n) is 5.49. The lowest BCUT2D eigenvalue weighted by Gasteiger charge is -2.36. The van der Waals surface area contributed by atoms with E-state index in [9.17, 15) is 14.4 Å². The van der Waals surface area contributed by atoms with E-state index in [1.54, 1.807) is 35.2 Å². The van der Waals surface area contributed by atoms with Crippen molar-refractivity contribution in [2.24, 2.45) is 0 Å². The molecule has 0 saturated carbocycles. The fourth-order valence-corrected chi connectivity index (χ4v) is 6.96. The number of thioether (sulfide) groups is 1. The van der Waals surface area contributed by atoms with Gasteiger partial charge in [0.2, 0.25) is 11.7 Å². The molecule has 6 nitrogen and oxygen atoms in total. The van der Waals surface area contributed by atoms with Crippen molar-refractivity contribution in [3.63, 3.8) is 0 Å². The summed E-state index contributed by atoms with van der Waals surface area (Å²) in [4.78, 5) is 40.8. The molecule has 1 atom stereocenters. The number of rotatable bonds is 6. The summed E-state index contributed by atoms with van der Waals surface area (Å²) in [5.41, 5.74) is 5.00. The Kier molecular flexibility index (Phi) is 7.28. The van der Waals surface area contributed by atoms with Gasteiger partial charge in [0.05, 0.1) is 5.69 Å². The lowest BCUT2D eigenvalue weighted by atomic mass is 9.97. The molecule has 0 radical (unpaired) electrons. The fraction of sp³-hybridized carbons (Fsp3) is 0.139. The van der Waals surface area contributed by atoms with Gasteiger partial charge in [-0.2, -0.15) is 0 Å². The third kappa shape index (κ3) is 5.06. The van der Waals surface area contributed by atoms with Gasteiger partial charge in [-0.1, -0.05) is 90.1 Å². The van der Waals surface area contributed by atoms with Crippen molar-refractivity contribution >= 4 is 52.2 Å². The Labute approximate surface area is 254 Å². The molecule has 6 rings (SSSR count). The number of benzene rings is 4. The number of furan rings is 1. The number of fused-ring (bicyclic) bond motifs is 2. The summed E-state index contributed by atoms with van der Waals surface area (Å²) in [7, 11) is 0. The van der Waals surface area contributed by atoms with E-state index < -0.39 is 10.8 Å². The zero-order valence-corrected chi connectivity index (χ0v) is 25.0. The lowest BCUT2D eigenvalue weighted by molar-refractivity contribution is -0.131. The van der Waals surface area contributed by atoms with E-state index >= 15 is 0 Å². The van der Waals surface area contributed by atoms with Gasteiger partial charge in [-0.25, -0.2) is 0 Å². The molecule has 214 valence electrons. The number of ether oxygens (including phenoxy) is 1. The number of hydrogen-bond donors (Lipinski definition) is 0. The van der Waals surface area contributed by atoms with Gasteiger partial charge in [-0.3, -0.25) is 19.3 Å². The van der Waals surface area contributed by atoms with Gasteiger partial charge in [0.25, 0.3) is 0 Å². The summed E-state index contributed by atoms with van der Waals surface area (Å²) in [5, 5.41) is 0.688. The van der Waals surface area contributed by atoms with Crippen LogP contribution < -0.4 is 9.64 Å². The van der Waals surface area contributed by atoms with Gasteiger partial charge >= 0.3 is 5.97 Å². The number of carbonyl (C=O) groups is 3. The normalized spacial score (nSPS) is 16.0. The van der Waals surface area contributed by atoms with Crippen molar-refractivity contribution < 1.29 is 23.5 Å². The number of ketones is 1. The number of esters is 1. The smallest absolute Gasteiger partial charge is 0.308 e. The van der Waals surface area contributed by atoms with Crippen LogP contribution in [0.2, 0.25) is 0 Å². The molecule has 0 fully saturated rings. The Morgan fingerprint density at radius 2 is 1.58 bits per heavy atom. The summed E-state index contributed by atoms with van der Waals surface area (Å²) in [5.74, 6) is -0.484. The molecule has 0 saturated heterocycles. The second-order valence-electron chi connectivity index (χ2n) is 10.6. The average Bonchev–Trinajstić information content (AvgIpc) is 3.51. The average molecular weight is 588 g/mol. The second-order valence-corrected chi connectivity index (χ2v) is 11.8. The van der Waals surface area contributed by atoms with Crippen LogP contribution >= 0.6 is 11.8 Å². The van der Waals surface area contributed by atoms with Crippen LogP contribution in [0, 0.1) is 13.8 Å². The zero-order valence-electron chi connectivity index (χ0n) is 24.2. The Morgan fingerprint density at radius 1 is 0.884 bits per heavy atom. The highest BCUT2D eigenvalue weighted by Gasteiger charge is 2.48. The summed E-state index contributed by atoms with van der Waals surface area (Å²) in [6.07, 6.45) is 3.95. The van der Waals surface area contributed by atoms with Gasteiger partial charge in [-0.15, -0.1) is 0 Å². The molecule has 7 heteroatoms. The predicted octanol–water partition coefficient (Wildman–Crippen LogP) is 8.23. The van der Waals surface area contributed by atoms with Crippen LogP contribution in [0.5, 0.6) is 5.75 Å². The molecule has 0 N–H and O–H groups in total. The summed E-state index contributed by atoms with van der Waals surface area (Å²) in [6.45, 7) is 6.73. The first-order valence-corrected chi connectivity index (χ1v) is 14.7. The van der Waals surface area contributed by atoms with Gasteiger partial charge in [0.15, 0.2) is 5.76 Å². The molecule has 1 aromatic heterocycles.